The van der Waals surface area contributed by atoms with Crippen molar-refractivity contribution in [1.82, 2.24) is 4.98 Å². The highest BCUT2D eigenvalue weighted by Gasteiger charge is 2.17. The summed E-state index contributed by atoms with van der Waals surface area (Å²) in [5.41, 5.74) is 2.44. The minimum absolute atomic E-state index is 0.103. The average Bonchev–Trinajstić information content (AvgIpc) is 3.05. The van der Waals surface area contributed by atoms with Crippen molar-refractivity contribution in [3.8, 4) is 17.2 Å². The van der Waals surface area contributed by atoms with E-state index in [4.69, 9.17) is 14.2 Å². The lowest BCUT2D eigenvalue weighted by atomic mass is 10.2. The highest BCUT2D eigenvalue weighted by molar-refractivity contribution is 7.09. The predicted octanol–water partition coefficient (Wildman–Crippen LogP) is 1.94. The SMILES string of the molecule is OCc1cc2c(cc1OCc1cncs1)OCO2. The van der Waals surface area contributed by atoms with E-state index < -0.39 is 0 Å². The second-order valence-electron chi connectivity index (χ2n) is 3.73. The number of aromatic nitrogens is 1. The first-order valence-corrected chi connectivity index (χ1v) is 6.28. The first-order chi connectivity index (χ1) is 8.86. The molecule has 2 aromatic rings. The van der Waals surface area contributed by atoms with Crippen LogP contribution in [0, 0.1) is 0 Å². The van der Waals surface area contributed by atoms with Gasteiger partial charge in [-0.25, -0.2) is 0 Å². The predicted molar refractivity (Wildman–Crippen MR) is 64.9 cm³/mol. The standard InChI is InChI=1S/C12H11NO4S/c14-4-8-1-11-12(17-7-16-11)2-10(8)15-5-9-3-13-6-18-9/h1-3,6,14H,4-5,7H2. The minimum Gasteiger partial charge on any atom is -0.487 e. The van der Waals surface area contributed by atoms with Crippen LogP contribution in [0.15, 0.2) is 23.8 Å². The van der Waals surface area contributed by atoms with Gasteiger partial charge in [-0.15, -0.1) is 11.3 Å². The molecule has 1 aromatic heterocycles. The number of hydrogen-bond acceptors (Lipinski definition) is 6. The van der Waals surface area contributed by atoms with E-state index >= 15 is 0 Å². The Hall–Kier alpha value is -1.79. The summed E-state index contributed by atoms with van der Waals surface area (Å²) in [4.78, 5) is 5.00. The zero-order valence-corrected chi connectivity index (χ0v) is 10.3. The third-order valence-electron chi connectivity index (χ3n) is 2.58. The zero-order valence-electron chi connectivity index (χ0n) is 9.46. The van der Waals surface area contributed by atoms with Crippen LogP contribution in [-0.4, -0.2) is 16.9 Å². The monoisotopic (exact) mass is 265 g/mol. The topological polar surface area (TPSA) is 60.8 Å². The molecule has 18 heavy (non-hydrogen) atoms. The first-order valence-electron chi connectivity index (χ1n) is 5.40. The van der Waals surface area contributed by atoms with Gasteiger partial charge in [-0.2, -0.15) is 0 Å². The maximum Gasteiger partial charge on any atom is 0.231 e. The summed E-state index contributed by atoms with van der Waals surface area (Å²) in [5, 5.41) is 9.32. The van der Waals surface area contributed by atoms with E-state index in [0.717, 1.165) is 4.88 Å². The van der Waals surface area contributed by atoms with Crippen molar-refractivity contribution in [2.45, 2.75) is 13.2 Å². The summed E-state index contributed by atoms with van der Waals surface area (Å²) >= 11 is 1.53. The van der Waals surface area contributed by atoms with Crippen molar-refractivity contribution >= 4 is 11.3 Å². The Balaban J connectivity index is 1.82. The number of benzene rings is 1. The third-order valence-corrected chi connectivity index (χ3v) is 3.33. The number of hydrogen-bond donors (Lipinski definition) is 1. The third kappa shape index (κ3) is 2.12. The fourth-order valence-corrected chi connectivity index (χ4v) is 2.19. The number of rotatable bonds is 4. The van der Waals surface area contributed by atoms with Gasteiger partial charge in [0.05, 0.1) is 17.0 Å². The highest BCUT2D eigenvalue weighted by Crippen LogP contribution is 2.38. The molecule has 1 aliphatic heterocycles. The molecule has 0 radical (unpaired) electrons. The highest BCUT2D eigenvalue weighted by atomic mass is 32.1. The smallest absolute Gasteiger partial charge is 0.231 e. The van der Waals surface area contributed by atoms with Crippen LogP contribution < -0.4 is 14.2 Å². The summed E-state index contributed by atoms with van der Waals surface area (Å²) in [7, 11) is 0. The number of thiazole rings is 1. The van der Waals surface area contributed by atoms with Gasteiger partial charge in [0.2, 0.25) is 6.79 Å². The van der Waals surface area contributed by atoms with Crippen molar-refractivity contribution < 1.29 is 19.3 Å². The maximum atomic E-state index is 9.32. The molecule has 2 heterocycles. The van der Waals surface area contributed by atoms with E-state index in [0.29, 0.717) is 29.4 Å². The number of fused-ring (bicyclic) bond motifs is 1. The molecule has 0 saturated carbocycles. The summed E-state index contributed by atoms with van der Waals surface area (Å²) in [6, 6.07) is 3.49. The molecule has 1 N–H and O–H groups in total. The second-order valence-corrected chi connectivity index (χ2v) is 4.70. The molecule has 5 nitrogen and oxygen atoms in total. The minimum atomic E-state index is -0.103. The average molecular weight is 265 g/mol. The Morgan fingerprint density at radius 2 is 2.17 bits per heavy atom. The molecule has 1 aliphatic rings. The van der Waals surface area contributed by atoms with Crippen molar-refractivity contribution in [3.63, 3.8) is 0 Å². The van der Waals surface area contributed by atoms with Gasteiger partial charge in [0, 0.05) is 17.8 Å². The van der Waals surface area contributed by atoms with Crippen LogP contribution in [0.2, 0.25) is 0 Å². The molecule has 0 aliphatic carbocycles. The van der Waals surface area contributed by atoms with Gasteiger partial charge in [-0.1, -0.05) is 0 Å². The van der Waals surface area contributed by atoms with Crippen molar-refractivity contribution in [1.29, 1.82) is 0 Å². The summed E-state index contributed by atoms with van der Waals surface area (Å²) in [6.45, 7) is 0.532. The van der Waals surface area contributed by atoms with E-state index in [1.807, 2.05) is 0 Å². The molecule has 0 spiro atoms. The van der Waals surface area contributed by atoms with Gasteiger partial charge in [0.1, 0.15) is 12.4 Å². The molecule has 0 fully saturated rings. The molecule has 3 rings (SSSR count). The summed E-state index contributed by atoms with van der Waals surface area (Å²) in [6.07, 6.45) is 1.76. The Morgan fingerprint density at radius 1 is 1.33 bits per heavy atom. The number of nitrogens with zero attached hydrogens (tertiary/aromatic N) is 1. The Bertz CT molecular complexity index is 541. The first kappa shape index (κ1) is 11.3. The Labute approximate surface area is 108 Å². The van der Waals surface area contributed by atoms with E-state index in [1.54, 1.807) is 23.8 Å². The fourth-order valence-electron chi connectivity index (χ4n) is 1.69. The van der Waals surface area contributed by atoms with Gasteiger partial charge in [-0.05, 0) is 6.07 Å². The van der Waals surface area contributed by atoms with Gasteiger partial charge >= 0.3 is 0 Å². The van der Waals surface area contributed by atoms with E-state index in [2.05, 4.69) is 4.98 Å². The fraction of sp³-hybridized carbons (Fsp3) is 0.250. The number of aliphatic hydroxyl groups excluding tert-OH is 1. The normalized spacial score (nSPS) is 12.7. The molecule has 0 bridgehead atoms. The van der Waals surface area contributed by atoms with E-state index in [9.17, 15) is 5.11 Å². The molecule has 0 atom stereocenters. The van der Waals surface area contributed by atoms with Crippen molar-refractivity contribution in [3.05, 3.63) is 34.3 Å². The van der Waals surface area contributed by atoms with Crippen LogP contribution in [-0.2, 0) is 13.2 Å². The molecule has 0 amide bonds. The number of ether oxygens (including phenoxy) is 3. The lowest BCUT2D eigenvalue weighted by molar-refractivity contribution is 0.173. The van der Waals surface area contributed by atoms with Crippen LogP contribution >= 0.6 is 11.3 Å². The molecule has 0 unspecified atom stereocenters. The van der Waals surface area contributed by atoms with Crippen LogP contribution in [0.25, 0.3) is 0 Å². The van der Waals surface area contributed by atoms with Crippen LogP contribution in [0.3, 0.4) is 0 Å². The maximum absolute atomic E-state index is 9.32. The van der Waals surface area contributed by atoms with Gasteiger partial charge in [0.25, 0.3) is 0 Å². The molecule has 0 saturated heterocycles. The molecule has 6 heteroatoms. The zero-order chi connectivity index (χ0) is 12.4. The molecular weight excluding hydrogens is 254 g/mol. The lowest BCUT2D eigenvalue weighted by Gasteiger charge is -2.10. The van der Waals surface area contributed by atoms with E-state index in [1.165, 1.54) is 11.3 Å². The summed E-state index contributed by atoms with van der Waals surface area (Å²) in [5.74, 6) is 1.89. The van der Waals surface area contributed by atoms with Crippen LogP contribution in [0.5, 0.6) is 17.2 Å². The largest absolute Gasteiger partial charge is 0.487 e. The van der Waals surface area contributed by atoms with Gasteiger partial charge < -0.3 is 19.3 Å². The van der Waals surface area contributed by atoms with Crippen LogP contribution in [0.1, 0.15) is 10.4 Å². The molecule has 94 valence electrons. The second kappa shape index (κ2) is 4.83. The van der Waals surface area contributed by atoms with Crippen LogP contribution in [0.4, 0.5) is 0 Å². The van der Waals surface area contributed by atoms with Gasteiger partial charge in [0.15, 0.2) is 11.5 Å². The Morgan fingerprint density at radius 3 is 2.89 bits per heavy atom. The van der Waals surface area contributed by atoms with Gasteiger partial charge in [-0.3, -0.25) is 4.98 Å². The summed E-state index contributed by atoms with van der Waals surface area (Å²) < 4.78 is 16.2. The number of aliphatic hydroxyl groups is 1. The van der Waals surface area contributed by atoms with E-state index in [-0.39, 0.29) is 13.4 Å². The Kier molecular flexibility index (Phi) is 3.04. The lowest BCUT2D eigenvalue weighted by Crippen LogP contribution is -1.97. The molecular formula is C12H11NO4S. The van der Waals surface area contributed by atoms with Crippen molar-refractivity contribution in [2.75, 3.05) is 6.79 Å². The van der Waals surface area contributed by atoms with Crippen molar-refractivity contribution in [2.24, 2.45) is 0 Å². The molecule has 1 aromatic carbocycles. The quantitative estimate of drug-likeness (QED) is 0.915.